The molecule has 1 amide bonds. The van der Waals surface area contributed by atoms with Crippen molar-refractivity contribution < 1.29 is 4.79 Å². The quantitative estimate of drug-likeness (QED) is 0.768. The van der Waals surface area contributed by atoms with E-state index in [0.717, 1.165) is 18.2 Å². The van der Waals surface area contributed by atoms with Gasteiger partial charge in [-0.25, -0.2) is 0 Å². The van der Waals surface area contributed by atoms with E-state index in [1.54, 1.807) is 11.8 Å². The third-order valence-electron chi connectivity index (χ3n) is 2.83. The second-order valence-corrected chi connectivity index (χ2v) is 5.33. The summed E-state index contributed by atoms with van der Waals surface area (Å²) in [6.45, 7) is 3.08. The summed E-state index contributed by atoms with van der Waals surface area (Å²) in [7, 11) is 0. The molecule has 0 bridgehead atoms. The molecule has 0 aromatic heterocycles. The summed E-state index contributed by atoms with van der Waals surface area (Å²) in [6, 6.07) is 0.0485. The summed E-state index contributed by atoms with van der Waals surface area (Å²) in [6.07, 6.45) is 2.53. The summed E-state index contributed by atoms with van der Waals surface area (Å²) < 4.78 is 0. The Bertz CT molecular complexity index is 215. The van der Waals surface area contributed by atoms with Crippen molar-refractivity contribution in [2.75, 3.05) is 18.2 Å². The minimum atomic E-state index is 0. The van der Waals surface area contributed by atoms with Crippen LogP contribution in [0.5, 0.6) is 0 Å². The molecule has 0 spiro atoms. The van der Waals surface area contributed by atoms with E-state index in [9.17, 15) is 4.79 Å². The van der Waals surface area contributed by atoms with E-state index in [1.165, 1.54) is 12.8 Å². The molecule has 0 aromatic carbocycles. The van der Waals surface area contributed by atoms with Crippen molar-refractivity contribution in [1.82, 2.24) is 10.6 Å². The van der Waals surface area contributed by atoms with Gasteiger partial charge in [0.1, 0.15) is 0 Å². The lowest BCUT2D eigenvalue weighted by Crippen LogP contribution is -2.43. The second kappa shape index (κ2) is 4.73. The molecule has 1 aliphatic heterocycles. The maximum absolute atomic E-state index is 11.5. The number of carbonyl (C=O) groups is 1. The summed E-state index contributed by atoms with van der Waals surface area (Å²) in [5, 5.41) is 6.18. The van der Waals surface area contributed by atoms with E-state index in [1.807, 2.05) is 0 Å². The monoisotopic (exact) mass is 236 g/mol. The number of carbonyl (C=O) groups excluding carboxylic acids is 1. The smallest absolute Gasteiger partial charge is 0.238 e. The molecule has 0 unspecified atom stereocenters. The van der Waals surface area contributed by atoms with Crippen molar-refractivity contribution in [1.29, 1.82) is 0 Å². The van der Waals surface area contributed by atoms with Gasteiger partial charge in [0.05, 0.1) is 6.04 Å². The lowest BCUT2D eigenvalue weighted by atomic mass is 10.1. The van der Waals surface area contributed by atoms with Crippen molar-refractivity contribution in [3.05, 3.63) is 0 Å². The van der Waals surface area contributed by atoms with Gasteiger partial charge < -0.3 is 5.32 Å². The lowest BCUT2D eigenvalue weighted by Gasteiger charge is -2.13. The van der Waals surface area contributed by atoms with Crippen LogP contribution < -0.4 is 10.6 Å². The highest BCUT2D eigenvalue weighted by Gasteiger charge is 2.37. The predicted molar refractivity (Wildman–Crippen MR) is 61.8 cm³/mol. The number of hydrogen-bond donors (Lipinski definition) is 2. The fourth-order valence-corrected chi connectivity index (χ4v) is 2.32. The Balaban J connectivity index is 0.000000980. The first-order chi connectivity index (χ1) is 6.20. The highest BCUT2D eigenvalue weighted by atomic mass is 35.5. The fourth-order valence-electron chi connectivity index (χ4n) is 1.38. The van der Waals surface area contributed by atoms with Crippen LogP contribution in [0, 0.1) is 5.41 Å². The van der Waals surface area contributed by atoms with Gasteiger partial charge in [-0.3, -0.25) is 10.1 Å². The molecule has 2 rings (SSSR count). The predicted octanol–water partition coefficient (Wildman–Crippen LogP) is 0.987. The van der Waals surface area contributed by atoms with Crippen LogP contribution in [0.1, 0.15) is 19.8 Å². The Morgan fingerprint density at radius 1 is 1.64 bits per heavy atom. The third kappa shape index (κ3) is 3.04. The molecule has 1 atom stereocenters. The van der Waals surface area contributed by atoms with Crippen LogP contribution in [0.25, 0.3) is 0 Å². The minimum Gasteiger partial charge on any atom is -0.354 e. The molecule has 2 fully saturated rings. The molecule has 1 saturated carbocycles. The van der Waals surface area contributed by atoms with Gasteiger partial charge in [0, 0.05) is 18.2 Å². The molecule has 1 heterocycles. The van der Waals surface area contributed by atoms with Gasteiger partial charge in [-0.05, 0) is 18.3 Å². The molecule has 0 radical (unpaired) electrons. The molecule has 2 N–H and O–H groups in total. The van der Waals surface area contributed by atoms with Crippen molar-refractivity contribution in [3.63, 3.8) is 0 Å². The number of rotatable bonds is 3. The summed E-state index contributed by atoms with van der Waals surface area (Å²) >= 11 is 1.79. The summed E-state index contributed by atoms with van der Waals surface area (Å²) in [5.74, 6) is 2.01. The highest BCUT2D eigenvalue weighted by Crippen LogP contribution is 2.44. The molecule has 14 heavy (non-hydrogen) atoms. The average molecular weight is 237 g/mol. The van der Waals surface area contributed by atoms with E-state index < -0.39 is 0 Å². The van der Waals surface area contributed by atoms with Crippen LogP contribution in [0.3, 0.4) is 0 Å². The molecule has 2 aliphatic rings. The average Bonchev–Trinajstić information content (AvgIpc) is 2.69. The fraction of sp³-hybridized carbons (Fsp3) is 0.889. The normalized spacial score (nSPS) is 27.9. The zero-order valence-electron chi connectivity index (χ0n) is 8.34. The zero-order chi connectivity index (χ0) is 9.31. The Morgan fingerprint density at radius 2 is 2.36 bits per heavy atom. The van der Waals surface area contributed by atoms with E-state index >= 15 is 0 Å². The van der Waals surface area contributed by atoms with Gasteiger partial charge >= 0.3 is 0 Å². The Morgan fingerprint density at radius 3 is 2.86 bits per heavy atom. The molecule has 1 saturated heterocycles. The van der Waals surface area contributed by atoms with Crippen LogP contribution >= 0.6 is 24.2 Å². The zero-order valence-corrected chi connectivity index (χ0v) is 9.97. The molecule has 1 aliphatic carbocycles. The SMILES string of the molecule is CC1(CNC(=O)[C@H]2CSCN2)CC1.Cl. The Hall–Kier alpha value is 0.0700. The molecule has 0 aromatic rings. The van der Waals surface area contributed by atoms with E-state index in [-0.39, 0.29) is 24.4 Å². The number of amides is 1. The number of halogens is 1. The Labute approximate surface area is 95.2 Å². The van der Waals surface area contributed by atoms with Crippen LogP contribution in [-0.2, 0) is 4.79 Å². The van der Waals surface area contributed by atoms with E-state index in [0.29, 0.717) is 5.41 Å². The first-order valence-corrected chi connectivity index (χ1v) is 5.94. The van der Waals surface area contributed by atoms with E-state index in [4.69, 9.17) is 0 Å². The summed E-state index contributed by atoms with van der Waals surface area (Å²) in [4.78, 5) is 11.5. The number of nitrogens with one attached hydrogen (secondary N) is 2. The van der Waals surface area contributed by atoms with Gasteiger partial charge in [0.15, 0.2) is 0 Å². The highest BCUT2D eigenvalue weighted by molar-refractivity contribution is 7.99. The van der Waals surface area contributed by atoms with Gasteiger partial charge in [-0.15, -0.1) is 24.2 Å². The van der Waals surface area contributed by atoms with Crippen LogP contribution in [-0.4, -0.2) is 30.1 Å². The van der Waals surface area contributed by atoms with Crippen molar-refractivity contribution in [2.45, 2.75) is 25.8 Å². The second-order valence-electron chi connectivity index (χ2n) is 4.30. The molecule has 3 nitrogen and oxygen atoms in total. The molecule has 82 valence electrons. The summed E-state index contributed by atoms with van der Waals surface area (Å²) in [5.41, 5.74) is 0.418. The van der Waals surface area contributed by atoms with Gasteiger partial charge in [-0.2, -0.15) is 0 Å². The minimum absolute atomic E-state index is 0. The van der Waals surface area contributed by atoms with Crippen molar-refractivity contribution in [3.8, 4) is 0 Å². The topological polar surface area (TPSA) is 41.1 Å². The molecular formula is C9H17ClN2OS. The largest absolute Gasteiger partial charge is 0.354 e. The maximum Gasteiger partial charge on any atom is 0.238 e. The Kier molecular flexibility index (Phi) is 4.10. The maximum atomic E-state index is 11.5. The number of hydrogen-bond acceptors (Lipinski definition) is 3. The molecular weight excluding hydrogens is 220 g/mol. The first-order valence-electron chi connectivity index (χ1n) is 4.78. The lowest BCUT2D eigenvalue weighted by molar-refractivity contribution is -0.122. The van der Waals surface area contributed by atoms with Crippen LogP contribution in [0.15, 0.2) is 0 Å². The van der Waals surface area contributed by atoms with Gasteiger partial charge in [0.2, 0.25) is 5.91 Å². The first kappa shape index (κ1) is 12.1. The van der Waals surface area contributed by atoms with Crippen molar-refractivity contribution >= 4 is 30.1 Å². The van der Waals surface area contributed by atoms with Crippen molar-refractivity contribution in [2.24, 2.45) is 5.41 Å². The van der Waals surface area contributed by atoms with E-state index in [2.05, 4.69) is 17.6 Å². The van der Waals surface area contributed by atoms with Crippen LogP contribution in [0.4, 0.5) is 0 Å². The molecule has 5 heteroatoms. The standard InChI is InChI=1S/C9H16N2OS.ClH/c1-9(2-3-9)5-10-8(12)7-4-13-6-11-7;/h7,11H,2-6H2,1H3,(H,10,12);1H/t7-;/m1./s1. The third-order valence-corrected chi connectivity index (χ3v) is 3.77. The number of thioether (sulfide) groups is 1. The van der Waals surface area contributed by atoms with Crippen LogP contribution in [0.2, 0.25) is 0 Å². The van der Waals surface area contributed by atoms with Gasteiger partial charge in [0.25, 0.3) is 0 Å². The van der Waals surface area contributed by atoms with Gasteiger partial charge in [-0.1, -0.05) is 6.92 Å².